The van der Waals surface area contributed by atoms with Gasteiger partial charge in [-0.25, -0.2) is 0 Å². The molecular formula is C15H10BrCl2NO4. The number of alkyl halides is 1. The van der Waals surface area contributed by atoms with E-state index in [9.17, 15) is 4.79 Å². The van der Waals surface area contributed by atoms with Gasteiger partial charge in [-0.15, -0.1) is 0 Å². The van der Waals surface area contributed by atoms with Crippen LogP contribution in [0.1, 0.15) is 0 Å². The van der Waals surface area contributed by atoms with Crippen LogP contribution in [0.5, 0.6) is 23.0 Å². The van der Waals surface area contributed by atoms with Gasteiger partial charge in [0.1, 0.15) is 5.75 Å². The van der Waals surface area contributed by atoms with Gasteiger partial charge < -0.3 is 19.5 Å². The summed E-state index contributed by atoms with van der Waals surface area (Å²) >= 11 is 15.5. The topological polar surface area (TPSA) is 56.8 Å². The van der Waals surface area contributed by atoms with Crippen LogP contribution in [0.15, 0.2) is 30.3 Å². The van der Waals surface area contributed by atoms with Crippen molar-refractivity contribution < 1.29 is 19.0 Å². The number of benzene rings is 2. The van der Waals surface area contributed by atoms with E-state index in [4.69, 9.17) is 37.4 Å². The molecule has 3 rings (SSSR count). The van der Waals surface area contributed by atoms with Crippen LogP contribution in [-0.4, -0.2) is 18.0 Å². The first-order chi connectivity index (χ1) is 11.1. The van der Waals surface area contributed by atoms with E-state index >= 15 is 0 Å². The first kappa shape index (κ1) is 16.2. The van der Waals surface area contributed by atoms with E-state index in [-0.39, 0.29) is 28.1 Å². The summed E-state index contributed by atoms with van der Waals surface area (Å²) in [6.07, 6.45) is 0. The summed E-state index contributed by atoms with van der Waals surface area (Å²) < 4.78 is 16.3. The molecule has 0 saturated heterocycles. The summed E-state index contributed by atoms with van der Waals surface area (Å²) in [6.45, 7) is 0.183. The molecule has 0 spiro atoms. The molecule has 0 aromatic heterocycles. The lowest BCUT2D eigenvalue weighted by Crippen LogP contribution is -2.12. The van der Waals surface area contributed by atoms with Gasteiger partial charge in [-0.05, 0) is 24.3 Å². The zero-order valence-corrected chi connectivity index (χ0v) is 14.7. The van der Waals surface area contributed by atoms with Crippen LogP contribution < -0.4 is 19.5 Å². The van der Waals surface area contributed by atoms with Crippen LogP contribution in [0.3, 0.4) is 0 Å². The molecule has 2 aromatic rings. The van der Waals surface area contributed by atoms with Gasteiger partial charge in [0.05, 0.1) is 15.4 Å². The fourth-order valence-electron chi connectivity index (χ4n) is 1.98. The maximum atomic E-state index is 11.4. The molecule has 0 atom stereocenters. The Balaban J connectivity index is 1.84. The van der Waals surface area contributed by atoms with Crippen molar-refractivity contribution in [1.29, 1.82) is 0 Å². The maximum Gasteiger partial charge on any atom is 0.235 e. The quantitative estimate of drug-likeness (QED) is 0.721. The highest BCUT2D eigenvalue weighted by molar-refractivity contribution is 9.09. The van der Waals surface area contributed by atoms with Crippen LogP contribution in [0, 0.1) is 0 Å². The smallest absolute Gasteiger partial charge is 0.235 e. The first-order valence-electron chi connectivity index (χ1n) is 6.49. The lowest BCUT2D eigenvalue weighted by Gasteiger charge is -2.12. The molecule has 23 heavy (non-hydrogen) atoms. The molecule has 0 saturated carbocycles. The van der Waals surface area contributed by atoms with Crippen LogP contribution >= 0.6 is 39.1 Å². The number of hydrogen-bond donors (Lipinski definition) is 1. The van der Waals surface area contributed by atoms with Crippen molar-refractivity contribution in [3.8, 4) is 23.0 Å². The number of ether oxygens (including phenoxy) is 3. The van der Waals surface area contributed by atoms with Gasteiger partial charge in [-0.3, -0.25) is 4.79 Å². The summed E-state index contributed by atoms with van der Waals surface area (Å²) in [7, 11) is 0. The number of carbonyl (C=O) groups is 1. The SMILES string of the molecule is O=C(CBr)Nc1cc(Cl)c(Oc2ccc3c(c2)OCO3)c(Cl)c1. The number of rotatable bonds is 4. The van der Waals surface area contributed by atoms with Crippen LogP contribution in [0.4, 0.5) is 5.69 Å². The van der Waals surface area contributed by atoms with E-state index in [2.05, 4.69) is 21.2 Å². The van der Waals surface area contributed by atoms with Crippen molar-refractivity contribution in [3.63, 3.8) is 0 Å². The van der Waals surface area contributed by atoms with E-state index in [1.807, 2.05) is 0 Å². The molecule has 0 bridgehead atoms. The highest BCUT2D eigenvalue weighted by atomic mass is 79.9. The molecule has 1 aliphatic heterocycles. The van der Waals surface area contributed by atoms with Crippen molar-refractivity contribution >= 4 is 50.7 Å². The molecule has 0 radical (unpaired) electrons. The Labute approximate surface area is 150 Å². The molecule has 1 aliphatic rings. The van der Waals surface area contributed by atoms with Gasteiger partial charge in [0.2, 0.25) is 12.7 Å². The number of fused-ring (bicyclic) bond motifs is 1. The molecule has 0 aliphatic carbocycles. The number of anilines is 1. The van der Waals surface area contributed by atoms with Gasteiger partial charge in [0, 0.05) is 11.8 Å². The number of halogens is 3. The molecule has 2 aromatic carbocycles. The standard InChI is InChI=1S/C15H10BrCl2NO4/c16-6-14(20)19-8-3-10(17)15(11(18)4-8)23-9-1-2-12-13(5-9)22-7-21-12/h1-5H,6-7H2,(H,19,20). The fraction of sp³-hybridized carbons (Fsp3) is 0.133. The molecule has 0 unspecified atom stereocenters. The lowest BCUT2D eigenvalue weighted by atomic mass is 10.2. The second kappa shape index (κ2) is 6.86. The highest BCUT2D eigenvalue weighted by Gasteiger charge is 2.16. The van der Waals surface area contributed by atoms with E-state index in [1.165, 1.54) is 0 Å². The van der Waals surface area contributed by atoms with Crippen molar-refractivity contribution in [1.82, 2.24) is 0 Å². The Bertz CT molecular complexity index is 746. The van der Waals surface area contributed by atoms with Gasteiger partial charge >= 0.3 is 0 Å². The van der Waals surface area contributed by atoms with E-state index < -0.39 is 0 Å². The van der Waals surface area contributed by atoms with E-state index in [0.29, 0.717) is 28.7 Å². The van der Waals surface area contributed by atoms with Crippen molar-refractivity contribution in [2.75, 3.05) is 17.4 Å². The Morgan fingerprint density at radius 1 is 1.17 bits per heavy atom. The predicted octanol–water partition coefficient (Wildman–Crippen LogP) is 4.85. The van der Waals surface area contributed by atoms with Gasteiger partial charge in [-0.1, -0.05) is 39.1 Å². The summed E-state index contributed by atoms with van der Waals surface area (Å²) in [6, 6.07) is 8.28. The van der Waals surface area contributed by atoms with Crippen molar-refractivity contribution in [3.05, 3.63) is 40.4 Å². The number of amides is 1. The monoisotopic (exact) mass is 417 g/mol. The average Bonchev–Trinajstić information content (AvgIpc) is 2.98. The van der Waals surface area contributed by atoms with Gasteiger partial charge in [-0.2, -0.15) is 0 Å². The number of hydrogen-bond acceptors (Lipinski definition) is 4. The first-order valence-corrected chi connectivity index (χ1v) is 8.37. The lowest BCUT2D eigenvalue weighted by molar-refractivity contribution is -0.113. The second-order valence-corrected chi connectivity index (χ2v) is 5.94. The summed E-state index contributed by atoms with van der Waals surface area (Å²) in [4.78, 5) is 11.4. The van der Waals surface area contributed by atoms with Crippen LogP contribution in [0.25, 0.3) is 0 Å². The van der Waals surface area contributed by atoms with Crippen LogP contribution in [-0.2, 0) is 4.79 Å². The minimum absolute atomic E-state index is 0.178. The Kier molecular flexibility index (Phi) is 4.84. The molecule has 1 N–H and O–H groups in total. The number of carbonyl (C=O) groups excluding carboxylic acids is 1. The zero-order chi connectivity index (χ0) is 16.4. The third-order valence-electron chi connectivity index (χ3n) is 2.97. The van der Waals surface area contributed by atoms with Crippen molar-refractivity contribution in [2.45, 2.75) is 0 Å². The van der Waals surface area contributed by atoms with Crippen LogP contribution in [0.2, 0.25) is 10.0 Å². The van der Waals surface area contributed by atoms with E-state index in [1.54, 1.807) is 30.3 Å². The Hall–Kier alpha value is -1.63. The van der Waals surface area contributed by atoms with E-state index in [0.717, 1.165) is 0 Å². The summed E-state index contributed by atoms with van der Waals surface area (Å²) in [5.74, 6) is 1.85. The highest BCUT2D eigenvalue weighted by Crippen LogP contribution is 2.41. The molecule has 0 fully saturated rings. The van der Waals surface area contributed by atoms with Gasteiger partial charge in [0.15, 0.2) is 17.2 Å². The average molecular weight is 419 g/mol. The predicted molar refractivity (Wildman–Crippen MR) is 91.5 cm³/mol. The second-order valence-electron chi connectivity index (χ2n) is 4.57. The minimum atomic E-state index is -0.207. The zero-order valence-electron chi connectivity index (χ0n) is 11.6. The maximum absolute atomic E-state index is 11.4. The summed E-state index contributed by atoms with van der Waals surface area (Å²) in [5, 5.41) is 3.39. The largest absolute Gasteiger partial charge is 0.454 e. The number of nitrogens with one attached hydrogen (secondary N) is 1. The summed E-state index contributed by atoms with van der Waals surface area (Å²) in [5.41, 5.74) is 0.488. The Morgan fingerprint density at radius 3 is 2.57 bits per heavy atom. The fourth-order valence-corrected chi connectivity index (χ4v) is 2.69. The van der Waals surface area contributed by atoms with Crippen molar-refractivity contribution in [2.24, 2.45) is 0 Å². The third kappa shape index (κ3) is 3.65. The van der Waals surface area contributed by atoms with Gasteiger partial charge in [0.25, 0.3) is 0 Å². The molecule has 8 heteroatoms. The normalized spacial score (nSPS) is 12.1. The molecule has 1 heterocycles. The molecule has 120 valence electrons. The molecule has 1 amide bonds. The minimum Gasteiger partial charge on any atom is -0.454 e. The third-order valence-corrected chi connectivity index (χ3v) is 4.04. The molecular weight excluding hydrogens is 409 g/mol. The Morgan fingerprint density at radius 2 is 1.87 bits per heavy atom. The molecule has 5 nitrogen and oxygen atoms in total.